The van der Waals surface area contributed by atoms with Crippen molar-refractivity contribution in [3.63, 3.8) is 0 Å². The maximum absolute atomic E-state index is 12.6. The third kappa shape index (κ3) is 5.34. The monoisotopic (exact) mass is 395 g/mol. The number of anilines is 4. The van der Waals surface area contributed by atoms with E-state index in [2.05, 4.69) is 15.4 Å². The van der Waals surface area contributed by atoms with Crippen LogP contribution in [0, 0.1) is 6.92 Å². The van der Waals surface area contributed by atoms with Crippen LogP contribution in [-0.4, -0.2) is 20.6 Å². The summed E-state index contributed by atoms with van der Waals surface area (Å²) in [5, 5.41) is 6.19. The molecule has 6 nitrogen and oxygen atoms in total. The maximum Gasteiger partial charge on any atom is 0.255 e. The van der Waals surface area contributed by atoms with Crippen LogP contribution >= 0.6 is 0 Å². The van der Waals surface area contributed by atoms with Crippen molar-refractivity contribution in [2.45, 2.75) is 6.92 Å². The number of hydrogen-bond acceptors (Lipinski definition) is 4. The largest absolute Gasteiger partial charge is 0.354 e. The van der Waals surface area contributed by atoms with Crippen molar-refractivity contribution in [1.29, 1.82) is 0 Å². The van der Waals surface area contributed by atoms with Crippen molar-refractivity contribution in [3.05, 3.63) is 83.9 Å². The number of hydrogen-bond donors (Lipinski definition) is 3. The van der Waals surface area contributed by atoms with Gasteiger partial charge in [-0.25, -0.2) is 8.42 Å². The lowest BCUT2D eigenvalue weighted by Gasteiger charge is -2.13. The van der Waals surface area contributed by atoms with Gasteiger partial charge in [0.2, 0.25) is 10.0 Å². The van der Waals surface area contributed by atoms with Gasteiger partial charge < -0.3 is 10.6 Å². The average Bonchev–Trinajstić information content (AvgIpc) is 2.64. The molecule has 7 heteroatoms. The third-order valence-corrected chi connectivity index (χ3v) is 4.56. The van der Waals surface area contributed by atoms with Crippen molar-refractivity contribution >= 4 is 38.7 Å². The Kier molecular flexibility index (Phi) is 5.65. The van der Waals surface area contributed by atoms with Gasteiger partial charge in [0.05, 0.1) is 17.6 Å². The standard InChI is InChI=1S/C21H21N3O3S/c1-15-7-11-17(12-8-15)22-19-5-3-4-6-20(19)23-21(25)16-9-13-18(14-10-16)24-28(2,26)27/h3-14,22,24H,1-2H3,(H,23,25). The van der Waals surface area contributed by atoms with Gasteiger partial charge in [-0.15, -0.1) is 0 Å². The quantitative estimate of drug-likeness (QED) is 0.579. The Bertz CT molecular complexity index is 1080. The Hall–Kier alpha value is -3.32. The molecule has 0 spiro atoms. The molecular formula is C21H21N3O3S. The molecule has 3 rings (SSSR count). The van der Waals surface area contributed by atoms with Crippen molar-refractivity contribution < 1.29 is 13.2 Å². The molecule has 1 amide bonds. The highest BCUT2D eigenvalue weighted by molar-refractivity contribution is 7.92. The van der Waals surface area contributed by atoms with E-state index >= 15 is 0 Å². The summed E-state index contributed by atoms with van der Waals surface area (Å²) in [4.78, 5) is 12.6. The number of sulfonamides is 1. The Balaban J connectivity index is 1.74. The van der Waals surface area contributed by atoms with Crippen LogP contribution in [0.25, 0.3) is 0 Å². The van der Waals surface area contributed by atoms with Gasteiger partial charge in [0, 0.05) is 16.9 Å². The lowest BCUT2D eigenvalue weighted by molar-refractivity contribution is 0.102. The first-order valence-corrected chi connectivity index (χ1v) is 10.5. The summed E-state index contributed by atoms with van der Waals surface area (Å²) in [5.74, 6) is -0.288. The van der Waals surface area contributed by atoms with Crippen molar-refractivity contribution in [2.75, 3.05) is 21.6 Å². The first-order valence-electron chi connectivity index (χ1n) is 8.62. The summed E-state index contributed by atoms with van der Waals surface area (Å²) in [6.07, 6.45) is 1.08. The zero-order valence-electron chi connectivity index (χ0n) is 15.6. The van der Waals surface area contributed by atoms with E-state index in [-0.39, 0.29) is 5.91 Å². The lowest BCUT2D eigenvalue weighted by atomic mass is 10.1. The molecule has 0 unspecified atom stereocenters. The molecule has 0 radical (unpaired) electrons. The van der Waals surface area contributed by atoms with Crippen LogP contribution in [0.1, 0.15) is 15.9 Å². The highest BCUT2D eigenvalue weighted by Crippen LogP contribution is 2.26. The fourth-order valence-corrected chi connectivity index (χ4v) is 3.16. The molecule has 3 N–H and O–H groups in total. The fraction of sp³-hybridized carbons (Fsp3) is 0.0952. The van der Waals surface area contributed by atoms with Crippen LogP contribution in [0.3, 0.4) is 0 Å². The maximum atomic E-state index is 12.6. The molecule has 3 aromatic rings. The first kappa shape index (κ1) is 19.4. The van der Waals surface area contributed by atoms with E-state index in [0.717, 1.165) is 17.6 Å². The number of rotatable bonds is 6. The molecule has 0 heterocycles. The molecule has 0 aliphatic rings. The number of nitrogens with one attached hydrogen (secondary N) is 3. The molecule has 0 bridgehead atoms. The minimum absolute atomic E-state index is 0.288. The van der Waals surface area contributed by atoms with Gasteiger partial charge >= 0.3 is 0 Å². The van der Waals surface area contributed by atoms with Crippen molar-refractivity contribution in [3.8, 4) is 0 Å². The fourth-order valence-electron chi connectivity index (χ4n) is 2.59. The highest BCUT2D eigenvalue weighted by Gasteiger charge is 2.10. The molecule has 28 heavy (non-hydrogen) atoms. The number of amides is 1. The summed E-state index contributed by atoms with van der Waals surface area (Å²) >= 11 is 0. The van der Waals surface area contributed by atoms with E-state index in [1.165, 1.54) is 5.56 Å². The Labute approximate surface area is 164 Å². The second kappa shape index (κ2) is 8.14. The molecule has 0 atom stereocenters. The first-order chi connectivity index (χ1) is 13.3. The molecule has 0 saturated heterocycles. The minimum atomic E-state index is -3.36. The van der Waals surface area contributed by atoms with Gasteiger partial charge in [-0.1, -0.05) is 29.8 Å². The summed E-state index contributed by atoms with van der Waals surface area (Å²) in [7, 11) is -3.36. The molecule has 0 fully saturated rings. The van der Waals surface area contributed by atoms with Crippen LogP contribution in [0.4, 0.5) is 22.7 Å². The van der Waals surface area contributed by atoms with Crippen LogP contribution < -0.4 is 15.4 Å². The number of carbonyl (C=O) groups is 1. The summed E-state index contributed by atoms with van der Waals surface area (Å²) in [6, 6.07) is 21.6. The number of benzene rings is 3. The summed E-state index contributed by atoms with van der Waals surface area (Å²) < 4.78 is 24.9. The predicted octanol–water partition coefficient (Wildman–Crippen LogP) is 4.36. The van der Waals surface area contributed by atoms with Crippen LogP contribution in [0.15, 0.2) is 72.8 Å². The van der Waals surface area contributed by atoms with Gasteiger partial charge in [-0.3, -0.25) is 9.52 Å². The Morgan fingerprint density at radius 1 is 0.786 bits per heavy atom. The smallest absolute Gasteiger partial charge is 0.255 e. The topological polar surface area (TPSA) is 87.3 Å². The molecule has 0 saturated carbocycles. The molecule has 0 aliphatic carbocycles. The van der Waals surface area contributed by atoms with Gasteiger partial charge in [0.25, 0.3) is 5.91 Å². The van der Waals surface area contributed by atoms with E-state index in [1.807, 2.05) is 55.5 Å². The normalized spacial score (nSPS) is 10.9. The van der Waals surface area contributed by atoms with Gasteiger partial charge in [-0.05, 0) is 55.5 Å². The number of aryl methyl sites for hydroxylation is 1. The van der Waals surface area contributed by atoms with Crippen molar-refractivity contribution in [1.82, 2.24) is 0 Å². The van der Waals surface area contributed by atoms with Crippen LogP contribution in [0.5, 0.6) is 0 Å². The van der Waals surface area contributed by atoms with E-state index in [1.54, 1.807) is 24.3 Å². The summed E-state index contributed by atoms with van der Waals surface area (Å²) in [6.45, 7) is 2.02. The Morgan fingerprint density at radius 3 is 1.96 bits per heavy atom. The molecule has 144 valence electrons. The number of para-hydroxylation sites is 2. The van der Waals surface area contributed by atoms with E-state index in [4.69, 9.17) is 0 Å². The molecule has 0 aromatic heterocycles. The zero-order chi connectivity index (χ0) is 20.1. The second-order valence-electron chi connectivity index (χ2n) is 6.44. The highest BCUT2D eigenvalue weighted by atomic mass is 32.2. The van der Waals surface area contributed by atoms with Gasteiger partial charge in [0.15, 0.2) is 0 Å². The lowest BCUT2D eigenvalue weighted by Crippen LogP contribution is -2.13. The molecule has 0 aliphatic heterocycles. The Morgan fingerprint density at radius 2 is 1.36 bits per heavy atom. The average molecular weight is 395 g/mol. The van der Waals surface area contributed by atoms with Gasteiger partial charge in [0.1, 0.15) is 0 Å². The molecular weight excluding hydrogens is 374 g/mol. The van der Waals surface area contributed by atoms with Crippen LogP contribution in [-0.2, 0) is 10.0 Å². The predicted molar refractivity (Wildman–Crippen MR) is 114 cm³/mol. The van der Waals surface area contributed by atoms with E-state index < -0.39 is 10.0 Å². The summed E-state index contributed by atoms with van der Waals surface area (Å²) in [5.41, 5.74) is 4.33. The zero-order valence-corrected chi connectivity index (χ0v) is 16.4. The molecule has 3 aromatic carbocycles. The van der Waals surface area contributed by atoms with E-state index in [0.29, 0.717) is 16.9 Å². The number of carbonyl (C=O) groups excluding carboxylic acids is 1. The minimum Gasteiger partial charge on any atom is -0.354 e. The van der Waals surface area contributed by atoms with Crippen LogP contribution in [0.2, 0.25) is 0 Å². The van der Waals surface area contributed by atoms with E-state index in [9.17, 15) is 13.2 Å². The SMILES string of the molecule is Cc1ccc(Nc2ccccc2NC(=O)c2ccc(NS(C)(=O)=O)cc2)cc1. The van der Waals surface area contributed by atoms with Crippen molar-refractivity contribution in [2.24, 2.45) is 0 Å². The second-order valence-corrected chi connectivity index (χ2v) is 8.19. The third-order valence-electron chi connectivity index (χ3n) is 3.96. The van der Waals surface area contributed by atoms with Gasteiger partial charge in [-0.2, -0.15) is 0 Å².